The highest BCUT2D eigenvalue weighted by Crippen LogP contribution is 2.21. The molecule has 6 nitrogen and oxygen atoms in total. The van der Waals surface area contributed by atoms with Crippen molar-refractivity contribution in [1.82, 2.24) is 9.80 Å². The Balaban J connectivity index is 2.54. The van der Waals surface area contributed by atoms with E-state index in [-0.39, 0.29) is 18.7 Å². The highest BCUT2D eigenvalue weighted by atomic mass is 16.6. The molecule has 1 heterocycles. The van der Waals surface area contributed by atoms with Crippen LogP contribution >= 0.6 is 0 Å². The minimum Gasteiger partial charge on any atom is -0.480 e. The van der Waals surface area contributed by atoms with Crippen LogP contribution in [0.5, 0.6) is 0 Å². The Morgan fingerprint density at radius 2 is 2.05 bits per heavy atom. The van der Waals surface area contributed by atoms with Crippen LogP contribution in [-0.4, -0.2) is 65.3 Å². The summed E-state index contributed by atoms with van der Waals surface area (Å²) in [5.74, 6) is -0.857. The van der Waals surface area contributed by atoms with Gasteiger partial charge in [-0.15, -0.1) is 0 Å². The molecule has 0 radical (unpaired) electrons. The SMILES string of the molecule is CN(CC(=O)O)C[C@H]1CCCN1C(=O)OC(C)(C)C. The van der Waals surface area contributed by atoms with Gasteiger partial charge in [-0.3, -0.25) is 9.69 Å². The third-order valence-corrected chi connectivity index (χ3v) is 2.93. The molecular formula is C13H24N2O4. The van der Waals surface area contributed by atoms with E-state index in [9.17, 15) is 9.59 Å². The van der Waals surface area contributed by atoms with E-state index in [1.165, 1.54) is 0 Å². The van der Waals surface area contributed by atoms with Crippen molar-refractivity contribution >= 4 is 12.1 Å². The van der Waals surface area contributed by atoms with Crippen molar-refractivity contribution in [2.75, 3.05) is 26.7 Å². The summed E-state index contributed by atoms with van der Waals surface area (Å²) in [6, 6.07) is 0.0409. The Morgan fingerprint density at radius 3 is 2.58 bits per heavy atom. The lowest BCUT2D eigenvalue weighted by atomic mass is 10.2. The van der Waals surface area contributed by atoms with Crippen LogP contribution in [0.4, 0.5) is 4.79 Å². The Morgan fingerprint density at radius 1 is 1.42 bits per heavy atom. The molecule has 0 aliphatic carbocycles. The molecule has 1 amide bonds. The van der Waals surface area contributed by atoms with Gasteiger partial charge in [-0.05, 0) is 40.7 Å². The van der Waals surface area contributed by atoms with Gasteiger partial charge in [-0.2, -0.15) is 0 Å². The summed E-state index contributed by atoms with van der Waals surface area (Å²) in [5.41, 5.74) is -0.503. The molecule has 110 valence electrons. The van der Waals surface area contributed by atoms with Crippen molar-refractivity contribution in [3.05, 3.63) is 0 Å². The van der Waals surface area contributed by atoms with E-state index < -0.39 is 11.6 Å². The first kappa shape index (κ1) is 15.8. The molecule has 0 unspecified atom stereocenters. The number of likely N-dealkylation sites (tertiary alicyclic amines) is 1. The molecule has 0 bridgehead atoms. The maximum Gasteiger partial charge on any atom is 0.410 e. The molecule has 6 heteroatoms. The maximum atomic E-state index is 12.0. The summed E-state index contributed by atoms with van der Waals surface area (Å²) < 4.78 is 5.37. The molecule has 1 atom stereocenters. The van der Waals surface area contributed by atoms with E-state index in [1.54, 1.807) is 16.8 Å². The largest absolute Gasteiger partial charge is 0.480 e. The average molecular weight is 272 g/mol. The lowest BCUT2D eigenvalue weighted by Gasteiger charge is -2.30. The van der Waals surface area contributed by atoms with E-state index in [0.29, 0.717) is 13.1 Å². The Bertz CT molecular complexity index is 338. The summed E-state index contributed by atoms with van der Waals surface area (Å²) in [7, 11) is 1.75. The predicted octanol–water partition coefficient (Wildman–Crippen LogP) is 1.40. The lowest BCUT2D eigenvalue weighted by Crippen LogP contribution is -2.45. The van der Waals surface area contributed by atoms with Gasteiger partial charge in [-0.25, -0.2) is 4.79 Å². The second-order valence-electron chi connectivity index (χ2n) is 6.06. The van der Waals surface area contributed by atoms with E-state index in [1.807, 2.05) is 20.8 Å². The first-order valence-electron chi connectivity index (χ1n) is 6.59. The van der Waals surface area contributed by atoms with Crippen LogP contribution in [0.1, 0.15) is 33.6 Å². The van der Waals surface area contributed by atoms with Crippen LogP contribution in [-0.2, 0) is 9.53 Å². The zero-order valence-corrected chi connectivity index (χ0v) is 12.2. The summed E-state index contributed by atoms with van der Waals surface area (Å²) in [6.07, 6.45) is 1.52. The molecule has 1 aliphatic rings. The molecule has 0 aromatic rings. The molecule has 0 spiro atoms. The third kappa shape index (κ3) is 5.46. The summed E-state index contributed by atoms with van der Waals surface area (Å²) in [6.45, 7) is 6.75. The number of carboxylic acid groups (broad SMARTS) is 1. The van der Waals surface area contributed by atoms with Gasteiger partial charge in [0.2, 0.25) is 0 Å². The fourth-order valence-electron chi connectivity index (χ4n) is 2.24. The van der Waals surface area contributed by atoms with Gasteiger partial charge in [0.05, 0.1) is 6.54 Å². The zero-order chi connectivity index (χ0) is 14.6. The molecule has 19 heavy (non-hydrogen) atoms. The second-order valence-corrected chi connectivity index (χ2v) is 6.06. The third-order valence-electron chi connectivity index (χ3n) is 2.93. The molecule has 0 saturated carbocycles. The molecule has 1 rings (SSSR count). The van der Waals surface area contributed by atoms with Crippen LogP contribution in [0.15, 0.2) is 0 Å². The molecule has 1 saturated heterocycles. The van der Waals surface area contributed by atoms with Gasteiger partial charge >= 0.3 is 12.1 Å². The van der Waals surface area contributed by atoms with Crippen molar-refractivity contribution in [2.24, 2.45) is 0 Å². The number of carboxylic acids is 1. The maximum absolute atomic E-state index is 12.0. The minimum absolute atomic E-state index is 0.0152. The van der Waals surface area contributed by atoms with E-state index in [2.05, 4.69) is 0 Å². The van der Waals surface area contributed by atoms with Crippen molar-refractivity contribution in [3.63, 3.8) is 0 Å². The number of nitrogens with zero attached hydrogens (tertiary/aromatic N) is 2. The van der Waals surface area contributed by atoms with E-state index >= 15 is 0 Å². The molecule has 1 aliphatic heterocycles. The highest BCUT2D eigenvalue weighted by Gasteiger charge is 2.32. The fraction of sp³-hybridized carbons (Fsp3) is 0.846. The first-order valence-corrected chi connectivity index (χ1v) is 6.59. The molecular weight excluding hydrogens is 248 g/mol. The quantitative estimate of drug-likeness (QED) is 0.837. The van der Waals surface area contributed by atoms with Gasteiger partial charge in [0, 0.05) is 19.1 Å². The van der Waals surface area contributed by atoms with Gasteiger partial charge in [0.15, 0.2) is 0 Å². The van der Waals surface area contributed by atoms with Crippen LogP contribution in [0, 0.1) is 0 Å². The molecule has 1 fully saturated rings. The van der Waals surface area contributed by atoms with Crippen LogP contribution in [0.3, 0.4) is 0 Å². The average Bonchev–Trinajstić information content (AvgIpc) is 2.61. The summed E-state index contributed by atoms with van der Waals surface area (Å²) >= 11 is 0. The number of carbonyl (C=O) groups is 2. The number of hydrogen-bond donors (Lipinski definition) is 1. The van der Waals surface area contributed by atoms with Crippen LogP contribution < -0.4 is 0 Å². The van der Waals surface area contributed by atoms with Crippen molar-refractivity contribution in [3.8, 4) is 0 Å². The van der Waals surface area contributed by atoms with Crippen LogP contribution in [0.2, 0.25) is 0 Å². The summed E-state index contributed by atoms with van der Waals surface area (Å²) in [5, 5.41) is 8.74. The topological polar surface area (TPSA) is 70.1 Å². The Labute approximate surface area is 114 Å². The zero-order valence-electron chi connectivity index (χ0n) is 12.2. The highest BCUT2D eigenvalue weighted by molar-refractivity contribution is 5.69. The molecule has 0 aromatic heterocycles. The number of amides is 1. The minimum atomic E-state index is -0.857. The summed E-state index contributed by atoms with van der Waals surface area (Å²) in [4.78, 5) is 26.1. The number of ether oxygens (including phenoxy) is 1. The van der Waals surface area contributed by atoms with Crippen molar-refractivity contribution in [1.29, 1.82) is 0 Å². The van der Waals surface area contributed by atoms with Crippen molar-refractivity contribution < 1.29 is 19.4 Å². The van der Waals surface area contributed by atoms with Gasteiger partial charge in [0.1, 0.15) is 5.60 Å². The number of aliphatic carboxylic acids is 1. The normalized spacial score (nSPS) is 19.8. The van der Waals surface area contributed by atoms with Crippen LogP contribution in [0.25, 0.3) is 0 Å². The standard InChI is InChI=1S/C13H24N2O4/c1-13(2,3)19-12(18)15-7-5-6-10(15)8-14(4)9-11(16)17/h10H,5-9H2,1-4H3,(H,16,17)/t10-/m1/s1. The van der Waals surface area contributed by atoms with Crippen molar-refractivity contribution in [2.45, 2.75) is 45.3 Å². The number of hydrogen-bond acceptors (Lipinski definition) is 4. The second kappa shape index (κ2) is 6.23. The molecule has 1 N–H and O–H groups in total. The van der Waals surface area contributed by atoms with Gasteiger partial charge in [-0.1, -0.05) is 0 Å². The Kier molecular flexibility index (Phi) is 5.17. The first-order chi connectivity index (χ1) is 8.69. The van der Waals surface area contributed by atoms with E-state index in [0.717, 1.165) is 12.8 Å². The number of likely N-dealkylation sites (N-methyl/N-ethyl adjacent to an activating group) is 1. The smallest absolute Gasteiger partial charge is 0.410 e. The Hall–Kier alpha value is -1.30. The lowest BCUT2D eigenvalue weighted by molar-refractivity contribution is -0.138. The predicted molar refractivity (Wildman–Crippen MR) is 71.1 cm³/mol. The fourth-order valence-corrected chi connectivity index (χ4v) is 2.24. The van der Waals surface area contributed by atoms with E-state index in [4.69, 9.17) is 9.84 Å². The van der Waals surface area contributed by atoms with Gasteiger partial charge < -0.3 is 14.7 Å². The van der Waals surface area contributed by atoms with Gasteiger partial charge in [0.25, 0.3) is 0 Å². The number of carbonyl (C=O) groups excluding carboxylic acids is 1. The monoisotopic (exact) mass is 272 g/mol. The number of rotatable bonds is 4. The molecule has 0 aromatic carbocycles.